The van der Waals surface area contributed by atoms with Gasteiger partial charge in [-0.2, -0.15) is 13.2 Å². The highest BCUT2D eigenvalue weighted by atomic mass is 19.4. The van der Waals surface area contributed by atoms with E-state index < -0.39 is 18.0 Å². The zero-order chi connectivity index (χ0) is 16.0. The molecule has 0 fully saturated rings. The molecule has 5 heteroatoms. The van der Waals surface area contributed by atoms with Crippen molar-refractivity contribution in [3.05, 3.63) is 47.0 Å². The van der Waals surface area contributed by atoms with E-state index >= 15 is 0 Å². The van der Waals surface area contributed by atoms with Crippen molar-refractivity contribution in [1.29, 1.82) is 0 Å². The predicted molar refractivity (Wildman–Crippen MR) is 77.0 cm³/mol. The van der Waals surface area contributed by atoms with E-state index in [1.165, 1.54) is 6.07 Å². The lowest BCUT2D eigenvalue weighted by molar-refractivity contribution is -0.139. The van der Waals surface area contributed by atoms with Crippen LogP contribution in [0.1, 0.15) is 42.7 Å². The molecule has 0 spiro atoms. The van der Waals surface area contributed by atoms with Crippen LogP contribution in [0.15, 0.2) is 30.4 Å². The average Bonchev–Trinajstić information content (AvgIpc) is 2.75. The van der Waals surface area contributed by atoms with E-state index in [1.54, 1.807) is 12.2 Å². The second-order valence-electron chi connectivity index (χ2n) is 4.82. The number of unbranched alkanes of at least 4 members (excludes halogenated alkanes) is 1. The van der Waals surface area contributed by atoms with Crippen molar-refractivity contribution in [2.24, 2.45) is 0 Å². The lowest BCUT2D eigenvalue weighted by Crippen LogP contribution is -2.12. The van der Waals surface area contributed by atoms with Gasteiger partial charge in [0, 0.05) is 17.5 Å². The molecule has 0 saturated carbocycles. The summed E-state index contributed by atoms with van der Waals surface area (Å²) in [6.07, 6.45) is -0.125. The summed E-state index contributed by atoms with van der Waals surface area (Å²) >= 11 is 0. The Balaban J connectivity index is 2.39. The van der Waals surface area contributed by atoms with Crippen molar-refractivity contribution in [3.63, 3.8) is 0 Å². The van der Waals surface area contributed by atoms with E-state index in [9.17, 15) is 13.2 Å². The highest BCUT2D eigenvalue weighted by Crippen LogP contribution is 2.33. The third-order valence-corrected chi connectivity index (χ3v) is 3.09. The second kappa shape index (κ2) is 7.48. The zero-order valence-corrected chi connectivity index (χ0v) is 12.2. The van der Waals surface area contributed by atoms with Gasteiger partial charge in [-0.15, -0.1) is 0 Å². The number of hydrogen-bond acceptors (Lipinski definition) is 2. The van der Waals surface area contributed by atoms with Gasteiger partial charge in [0.2, 0.25) is 0 Å². The van der Waals surface area contributed by atoms with E-state index in [4.69, 9.17) is 9.47 Å². The van der Waals surface area contributed by atoms with Crippen LogP contribution in [0.25, 0.3) is 0 Å². The summed E-state index contributed by atoms with van der Waals surface area (Å²) in [5, 5.41) is 0. The van der Waals surface area contributed by atoms with Crippen LogP contribution in [-0.2, 0) is 15.7 Å². The first-order valence-corrected chi connectivity index (χ1v) is 7.10. The standard InChI is InChI=1S/C17H17F3O2/c1-2-3-4-7-13-8-9-14(17(18,19)20)12-15(13)16-21-10-5-6-11-22-16/h5-6,8-9,12,16H,2-3,10-11H2,1H3. The maximum absolute atomic E-state index is 12.9. The second-order valence-corrected chi connectivity index (χ2v) is 4.82. The van der Waals surface area contributed by atoms with Gasteiger partial charge in [0.05, 0.1) is 18.8 Å². The number of rotatable bonds is 2. The summed E-state index contributed by atoms with van der Waals surface area (Å²) in [4.78, 5) is 0. The topological polar surface area (TPSA) is 18.5 Å². The van der Waals surface area contributed by atoms with Crippen LogP contribution in [0, 0.1) is 11.8 Å². The summed E-state index contributed by atoms with van der Waals surface area (Å²) in [7, 11) is 0. The van der Waals surface area contributed by atoms with E-state index in [2.05, 4.69) is 11.8 Å². The average molecular weight is 310 g/mol. The molecule has 0 aromatic heterocycles. The Morgan fingerprint density at radius 2 is 1.86 bits per heavy atom. The van der Waals surface area contributed by atoms with Gasteiger partial charge in [-0.25, -0.2) is 0 Å². The third-order valence-electron chi connectivity index (χ3n) is 3.09. The van der Waals surface area contributed by atoms with Gasteiger partial charge in [-0.05, 0) is 24.6 Å². The summed E-state index contributed by atoms with van der Waals surface area (Å²) in [6, 6.07) is 3.48. The van der Waals surface area contributed by atoms with Crippen LogP contribution < -0.4 is 0 Å². The summed E-state index contributed by atoms with van der Waals surface area (Å²) in [5.41, 5.74) is 0.100. The molecule has 1 aliphatic heterocycles. The number of halogens is 3. The Morgan fingerprint density at radius 3 is 2.45 bits per heavy atom. The van der Waals surface area contributed by atoms with Gasteiger partial charge >= 0.3 is 6.18 Å². The molecular formula is C17H17F3O2. The van der Waals surface area contributed by atoms with E-state index in [-0.39, 0.29) is 0 Å². The van der Waals surface area contributed by atoms with E-state index in [0.29, 0.717) is 30.8 Å². The van der Waals surface area contributed by atoms with Gasteiger partial charge in [0.25, 0.3) is 0 Å². The van der Waals surface area contributed by atoms with Gasteiger partial charge < -0.3 is 9.47 Å². The first kappa shape index (κ1) is 16.6. The molecule has 0 aliphatic carbocycles. The van der Waals surface area contributed by atoms with E-state index in [0.717, 1.165) is 18.6 Å². The molecule has 1 aromatic carbocycles. The van der Waals surface area contributed by atoms with Gasteiger partial charge in [-0.1, -0.05) is 30.9 Å². The minimum Gasteiger partial charge on any atom is -0.344 e. The third kappa shape index (κ3) is 4.36. The highest BCUT2D eigenvalue weighted by Gasteiger charge is 2.32. The Hall–Kier alpha value is -1.77. The fraction of sp³-hybridized carbons (Fsp3) is 0.412. The van der Waals surface area contributed by atoms with Gasteiger partial charge in [0.1, 0.15) is 0 Å². The minimum absolute atomic E-state index is 0.294. The van der Waals surface area contributed by atoms with Crippen LogP contribution in [0.3, 0.4) is 0 Å². The molecule has 2 rings (SSSR count). The lowest BCUT2D eigenvalue weighted by Gasteiger charge is -2.19. The zero-order valence-electron chi connectivity index (χ0n) is 12.2. The number of alkyl halides is 3. The normalized spacial score (nSPS) is 16.0. The molecule has 0 radical (unpaired) electrons. The Kier molecular flexibility index (Phi) is 5.64. The molecule has 0 unspecified atom stereocenters. The molecule has 0 N–H and O–H groups in total. The largest absolute Gasteiger partial charge is 0.416 e. The SMILES string of the molecule is CCCC#Cc1ccc(C(F)(F)F)cc1C1OCC=CCO1. The summed E-state index contributed by atoms with van der Waals surface area (Å²) in [5.74, 6) is 5.86. The van der Waals surface area contributed by atoms with Crippen molar-refractivity contribution in [2.75, 3.05) is 13.2 Å². The molecule has 0 amide bonds. The molecule has 2 nitrogen and oxygen atoms in total. The maximum atomic E-state index is 12.9. The quantitative estimate of drug-likeness (QED) is 0.593. The highest BCUT2D eigenvalue weighted by molar-refractivity contribution is 5.45. The van der Waals surface area contributed by atoms with Gasteiger partial charge in [-0.3, -0.25) is 0 Å². The molecule has 22 heavy (non-hydrogen) atoms. The minimum atomic E-state index is -4.41. The van der Waals surface area contributed by atoms with Crippen molar-refractivity contribution >= 4 is 0 Å². The Labute approximate surface area is 127 Å². The van der Waals surface area contributed by atoms with Crippen LogP contribution in [0.2, 0.25) is 0 Å². The Bertz CT molecular complexity index is 584. The molecule has 0 atom stereocenters. The van der Waals surface area contributed by atoms with E-state index in [1.807, 2.05) is 6.92 Å². The molecular weight excluding hydrogens is 293 g/mol. The van der Waals surface area contributed by atoms with Crippen molar-refractivity contribution in [2.45, 2.75) is 32.2 Å². The van der Waals surface area contributed by atoms with Crippen LogP contribution in [-0.4, -0.2) is 13.2 Å². The monoisotopic (exact) mass is 310 g/mol. The van der Waals surface area contributed by atoms with Crippen LogP contribution in [0.4, 0.5) is 13.2 Å². The fourth-order valence-corrected chi connectivity index (χ4v) is 1.98. The fourth-order valence-electron chi connectivity index (χ4n) is 1.98. The number of ether oxygens (including phenoxy) is 2. The predicted octanol–water partition coefficient (Wildman–Crippen LogP) is 4.46. The number of benzene rings is 1. The molecule has 1 heterocycles. The van der Waals surface area contributed by atoms with Crippen molar-refractivity contribution < 1.29 is 22.6 Å². The Morgan fingerprint density at radius 1 is 1.18 bits per heavy atom. The van der Waals surface area contributed by atoms with Gasteiger partial charge in [0.15, 0.2) is 6.29 Å². The summed E-state index contributed by atoms with van der Waals surface area (Å²) in [6.45, 7) is 2.58. The molecule has 1 aromatic rings. The van der Waals surface area contributed by atoms with Crippen molar-refractivity contribution in [1.82, 2.24) is 0 Å². The maximum Gasteiger partial charge on any atom is 0.416 e. The smallest absolute Gasteiger partial charge is 0.344 e. The van der Waals surface area contributed by atoms with Crippen molar-refractivity contribution in [3.8, 4) is 11.8 Å². The number of hydrogen-bond donors (Lipinski definition) is 0. The molecule has 0 bridgehead atoms. The lowest BCUT2D eigenvalue weighted by atomic mass is 10.0. The molecule has 118 valence electrons. The van der Waals surface area contributed by atoms with Crippen LogP contribution >= 0.6 is 0 Å². The van der Waals surface area contributed by atoms with Crippen LogP contribution in [0.5, 0.6) is 0 Å². The first-order chi connectivity index (χ1) is 10.5. The first-order valence-electron chi connectivity index (χ1n) is 7.10. The molecule has 1 aliphatic rings. The molecule has 0 saturated heterocycles. The summed E-state index contributed by atoms with van der Waals surface area (Å²) < 4.78 is 49.7.